The Morgan fingerprint density at radius 1 is 1.06 bits per heavy atom. The molecule has 1 fully saturated rings. The van der Waals surface area contributed by atoms with Crippen LogP contribution in [-0.4, -0.2) is 42.3 Å². The number of carboxylic acids is 1. The average Bonchev–Trinajstić information content (AvgIpc) is 3.56. The maximum absolute atomic E-state index is 12.8. The van der Waals surface area contributed by atoms with E-state index in [4.69, 9.17) is 4.74 Å². The third-order valence-electron chi connectivity index (χ3n) is 7.02. The minimum atomic E-state index is -0.896. The predicted molar refractivity (Wildman–Crippen MR) is 124 cm³/mol. The summed E-state index contributed by atoms with van der Waals surface area (Å²) in [6, 6.07) is 15.4. The molecule has 0 bridgehead atoms. The molecule has 0 aromatic heterocycles. The van der Waals surface area contributed by atoms with Crippen LogP contribution in [0.2, 0.25) is 0 Å². The molecule has 0 aliphatic heterocycles. The molecule has 0 heterocycles. The van der Waals surface area contributed by atoms with Gasteiger partial charge in [0.15, 0.2) is 0 Å². The van der Waals surface area contributed by atoms with Crippen LogP contribution in [0.4, 0.5) is 4.79 Å². The van der Waals surface area contributed by atoms with Gasteiger partial charge in [-0.1, -0.05) is 68.8 Å². The summed E-state index contributed by atoms with van der Waals surface area (Å²) in [6.45, 7) is 4.04. The maximum Gasteiger partial charge on any atom is 0.407 e. The molecular formula is C26H30N2O5. The summed E-state index contributed by atoms with van der Waals surface area (Å²) in [4.78, 5) is 36.8. The first-order valence-electron chi connectivity index (χ1n) is 11.5. The van der Waals surface area contributed by atoms with Gasteiger partial charge in [0.1, 0.15) is 12.6 Å². The number of hydrogen-bond donors (Lipinski definition) is 3. The van der Waals surface area contributed by atoms with Crippen molar-refractivity contribution >= 4 is 18.0 Å². The minimum Gasteiger partial charge on any atom is -0.481 e. The van der Waals surface area contributed by atoms with Crippen LogP contribution in [-0.2, 0) is 14.3 Å². The highest BCUT2D eigenvalue weighted by atomic mass is 16.5. The highest BCUT2D eigenvalue weighted by molar-refractivity contribution is 5.87. The molecule has 3 N–H and O–H groups in total. The minimum absolute atomic E-state index is 0.0654. The zero-order valence-corrected chi connectivity index (χ0v) is 19.0. The van der Waals surface area contributed by atoms with Crippen molar-refractivity contribution in [3.05, 3.63) is 59.7 Å². The Kier molecular flexibility index (Phi) is 6.40. The van der Waals surface area contributed by atoms with Gasteiger partial charge in [-0.15, -0.1) is 0 Å². The van der Waals surface area contributed by atoms with E-state index >= 15 is 0 Å². The first-order chi connectivity index (χ1) is 15.9. The first-order valence-corrected chi connectivity index (χ1v) is 11.5. The Morgan fingerprint density at radius 3 is 2.15 bits per heavy atom. The lowest BCUT2D eigenvalue weighted by Crippen LogP contribution is -2.51. The van der Waals surface area contributed by atoms with Crippen LogP contribution in [0.5, 0.6) is 0 Å². The monoisotopic (exact) mass is 450 g/mol. The van der Waals surface area contributed by atoms with E-state index < -0.39 is 23.5 Å². The Bertz CT molecular complexity index is 1020. The third-order valence-corrected chi connectivity index (χ3v) is 7.02. The summed E-state index contributed by atoms with van der Waals surface area (Å²) >= 11 is 0. The fourth-order valence-electron chi connectivity index (χ4n) is 4.45. The number of aliphatic carboxylic acids is 1. The number of rotatable bonds is 9. The number of hydrogen-bond acceptors (Lipinski definition) is 4. The fourth-order valence-corrected chi connectivity index (χ4v) is 4.45. The van der Waals surface area contributed by atoms with E-state index in [0.717, 1.165) is 22.3 Å². The van der Waals surface area contributed by atoms with E-state index in [1.165, 1.54) is 0 Å². The summed E-state index contributed by atoms with van der Waals surface area (Å²) < 4.78 is 5.59. The summed E-state index contributed by atoms with van der Waals surface area (Å²) in [7, 11) is 0. The van der Waals surface area contributed by atoms with E-state index in [1.807, 2.05) is 50.2 Å². The summed E-state index contributed by atoms with van der Waals surface area (Å²) in [6.07, 6.45) is 1.12. The average molecular weight is 451 g/mol. The zero-order valence-electron chi connectivity index (χ0n) is 19.0. The number of benzene rings is 2. The van der Waals surface area contributed by atoms with E-state index in [-0.39, 0.29) is 30.9 Å². The van der Waals surface area contributed by atoms with Crippen molar-refractivity contribution in [3.63, 3.8) is 0 Å². The van der Waals surface area contributed by atoms with Crippen molar-refractivity contribution in [1.29, 1.82) is 0 Å². The van der Waals surface area contributed by atoms with Crippen LogP contribution in [0.25, 0.3) is 11.1 Å². The van der Waals surface area contributed by atoms with Gasteiger partial charge in [-0.3, -0.25) is 9.59 Å². The first kappa shape index (κ1) is 22.8. The normalized spacial score (nSPS) is 17.3. The standard InChI is InChI=1S/C26H30N2O5/c1-3-16(2)22(23(29)27-15-26(12-13-26)24(30)31)28-25(32)33-14-21-19-10-6-4-8-17(19)18-9-5-7-11-20(18)21/h4-11,16,21-22H,3,12-15H2,1-2H3,(H,27,29)(H,28,32)(H,30,31)/t16?,22-/m0/s1. The van der Waals surface area contributed by atoms with Gasteiger partial charge in [-0.2, -0.15) is 0 Å². The van der Waals surface area contributed by atoms with Gasteiger partial charge in [-0.25, -0.2) is 4.79 Å². The molecule has 7 heteroatoms. The van der Waals surface area contributed by atoms with Crippen LogP contribution < -0.4 is 10.6 Å². The second-order valence-electron chi connectivity index (χ2n) is 9.14. The molecule has 2 amide bonds. The van der Waals surface area contributed by atoms with Gasteiger partial charge >= 0.3 is 12.1 Å². The Morgan fingerprint density at radius 2 is 1.64 bits per heavy atom. The SMILES string of the molecule is CCC(C)[C@H](NC(=O)OCC1c2ccccc2-c2ccccc21)C(=O)NCC1(C(=O)O)CC1. The highest BCUT2D eigenvalue weighted by Gasteiger charge is 2.50. The molecule has 7 nitrogen and oxygen atoms in total. The number of carbonyl (C=O) groups excluding carboxylic acids is 2. The van der Waals surface area contributed by atoms with Crippen LogP contribution in [0.1, 0.15) is 50.2 Å². The molecule has 0 saturated heterocycles. The predicted octanol–water partition coefficient (Wildman–Crippen LogP) is 3.92. The lowest BCUT2D eigenvalue weighted by Gasteiger charge is -2.24. The van der Waals surface area contributed by atoms with Gasteiger partial charge in [-0.05, 0) is 41.0 Å². The van der Waals surface area contributed by atoms with E-state index in [9.17, 15) is 19.5 Å². The summed E-state index contributed by atoms with van der Waals surface area (Å²) in [5, 5.41) is 14.8. The lowest BCUT2D eigenvalue weighted by molar-refractivity contribution is -0.143. The van der Waals surface area contributed by atoms with Gasteiger partial charge in [0.25, 0.3) is 0 Å². The Balaban J connectivity index is 1.39. The third kappa shape index (κ3) is 4.58. The Labute approximate surface area is 193 Å². The van der Waals surface area contributed by atoms with Crippen LogP contribution in [0.15, 0.2) is 48.5 Å². The zero-order chi connectivity index (χ0) is 23.6. The van der Waals surface area contributed by atoms with Crippen molar-refractivity contribution < 1.29 is 24.2 Å². The molecular weight excluding hydrogens is 420 g/mol. The molecule has 2 aliphatic rings. The van der Waals surface area contributed by atoms with E-state index in [0.29, 0.717) is 19.3 Å². The smallest absolute Gasteiger partial charge is 0.407 e. The fraction of sp³-hybridized carbons (Fsp3) is 0.423. The number of ether oxygens (including phenoxy) is 1. The topological polar surface area (TPSA) is 105 Å². The molecule has 2 atom stereocenters. The van der Waals surface area contributed by atoms with E-state index in [2.05, 4.69) is 22.8 Å². The highest BCUT2D eigenvalue weighted by Crippen LogP contribution is 2.45. The maximum atomic E-state index is 12.8. The van der Waals surface area contributed by atoms with Crippen molar-refractivity contribution in [3.8, 4) is 11.1 Å². The van der Waals surface area contributed by atoms with Gasteiger partial charge in [0, 0.05) is 12.5 Å². The molecule has 2 aliphatic carbocycles. The molecule has 174 valence electrons. The molecule has 2 aromatic rings. The quantitative estimate of drug-likeness (QED) is 0.537. The second kappa shape index (κ2) is 9.25. The summed E-state index contributed by atoms with van der Waals surface area (Å²) in [5.41, 5.74) is 3.66. The van der Waals surface area contributed by atoms with Crippen LogP contribution >= 0.6 is 0 Å². The number of fused-ring (bicyclic) bond motifs is 3. The largest absolute Gasteiger partial charge is 0.481 e. The van der Waals surface area contributed by atoms with E-state index in [1.54, 1.807) is 0 Å². The van der Waals surface area contributed by atoms with Crippen molar-refractivity contribution in [1.82, 2.24) is 10.6 Å². The van der Waals surface area contributed by atoms with Gasteiger partial charge in [0.2, 0.25) is 5.91 Å². The lowest BCUT2D eigenvalue weighted by atomic mass is 9.97. The van der Waals surface area contributed by atoms with Crippen molar-refractivity contribution in [2.45, 2.75) is 45.1 Å². The molecule has 1 saturated carbocycles. The number of carbonyl (C=O) groups is 3. The molecule has 2 aromatic carbocycles. The number of nitrogens with one attached hydrogen (secondary N) is 2. The second-order valence-corrected chi connectivity index (χ2v) is 9.14. The molecule has 0 radical (unpaired) electrons. The number of alkyl carbamates (subject to hydrolysis) is 1. The number of carboxylic acid groups (broad SMARTS) is 1. The Hall–Kier alpha value is -3.35. The van der Waals surface area contributed by atoms with Crippen molar-refractivity contribution in [2.24, 2.45) is 11.3 Å². The molecule has 33 heavy (non-hydrogen) atoms. The van der Waals surface area contributed by atoms with Crippen LogP contribution in [0, 0.1) is 11.3 Å². The molecule has 0 spiro atoms. The molecule has 1 unspecified atom stereocenters. The summed E-state index contributed by atoms with van der Waals surface area (Å²) in [5.74, 6) is -1.48. The number of amides is 2. The molecule has 4 rings (SSSR count). The van der Waals surface area contributed by atoms with Gasteiger partial charge in [0.05, 0.1) is 5.41 Å². The van der Waals surface area contributed by atoms with Gasteiger partial charge < -0.3 is 20.5 Å². The van der Waals surface area contributed by atoms with Crippen molar-refractivity contribution in [2.75, 3.05) is 13.2 Å². The van der Waals surface area contributed by atoms with Crippen LogP contribution in [0.3, 0.4) is 0 Å².